The monoisotopic (exact) mass is 280 g/mol. The third kappa shape index (κ3) is 2.37. The van der Waals surface area contributed by atoms with Crippen LogP contribution >= 0.6 is 11.3 Å². The van der Waals surface area contributed by atoms with E-state index >= 15 is 0 Å². The van der Waals surface area contributed by atoms with Gasteiger partial charge in [-0.15, -0.1) is 11.3 Å². The average Bonchev–Trinajstić information content (AvgIpc) is 2.99. The van der Waals surface area contributed by atoms with Gasteiger partial charge in [-0.1, -0.05) is 12.8 Å². The van der Waals surface area contributed by atoms with Crippen LogP contribution in [-0.2, 0) is 10.3 Å². The maximum Gasteiger partial charge on any atom is 0.0992 e. The van der Waals surface area contributed by atoms with Crippen molar-refractivity contribution in [2.75, 3.05) is 6.61 Å². The molecule has 2 fully saturated rings. The van der Waals surface area contributed by atoms with Gasteiger partial charge in [0, 0.05) is 11.5 Å². The Kier molecular flexibility index (Phi) is 3.48. The molecular formula is C16H24O2S. The summed E-state index contributed by atoms with van der Waals surface area (Å²) in [7, 11) is 0. The second-order valence-corrected chi connectivity index (χ2v) is 7.42. The van der Waals surface area contributed by atoms with Crippen LogP contribution in [0.4, 0.5) is 0 Å². The lowest BCUT2D eigenvalue weighted by Gasteiger charge is -2.44. The fourth-order valence-corrected chi connectivity index (χ4v) is 5.02. The molecule has 1 aromatic rings. The van der Waals surface area contributed by atoms with Crippen molar-refractivity contribution < 1.29 is 9.84 Å². The highest BCUT2D eigenvalue weighted by atomic mass is 32.1. The Labute approximate surface area is 119 Å². The Balaban J connectivity index is 1.83. The van der Waals surface area contributed by atoms with E-state index in [0.717, 1.165) is 24.3 Å². The molecule has 1 aliphatic heterocycles. The normalized spacial score (nSPS) is 29.5. The Morgan fingerprint density at radius 2 is 2.16 bits per heavy atom. The maximum absolute atomic E-state index is 11.1. The standard InChI is InChI=1S/C16H24O2S/c1-12-6-10-19-14(12)15(2,17)13-5-9-18-16(11-13)7-3-4-8-16/h6,10,13,17H,3-5,7-9,11H2,1-2H3. The van der Waals surface area contributed by atoms with E-state index in [9.17, 15) is 5.11 Å². The molecule has 2 unspecified atom stereocenters. The number of thiophene rings is 1. The van der Waals surface area contributed by atoms with Gasteiger partial charge in [-0.05, 0) is 62.5 Å². The highest BCUT2D eigenvalue weighted by molar-refractivity contribution is 7.10. The number of aliphatic hydroxyl groups is 1. The quantitative estimate of drug-likeness (QED) is 0.887. The van der Waals surface area contributed by atoms with Crippen molar-refractivity contribution in [1.29, 1.82) is 0 Å². The first-order valence-electron chi connectivity index (χ1n) is 7.44. The molecule has 0 bridgehead atoms. The van der Waals surface area contributed by atoms with E-state index in [1.807, 2.05) is 6.92 Å². The van der Waals surface area contributed by atoms with Crippen LogP contribution in [0.15, 0.2) is 11.4 Å². The highest BCUT2D eigenvalue weighted by Crippen LogP contribution is 2.48. The summed E-state index contributed by atoms with van der Waals surface area (Å²) in [5.74, 6) is 0.330. The SMILES string of the molecule is Cc1ccsc1C(C)(O)C1CCOC2(CCCC2)C1. The smallest absolute Gasteiger partial charge is 0.0992 e. The van der Waals surface area contributed by atoms with Crippen molar-refractivity contribution in [2.45, 2.75) is 63.6 Å². The number of ether oxygens (including phenoxy) is 1. The lowest BCUT2D eigenvalue weighted by Crippen LogP contribution is -2.44. The number of aryl methyl sites for hydroxylation is 1. The first-order chi connectivity index (χ1) is 9.04. The second-order valence-electron chi connectivity index (χ2n) is 6.51. The molecule has 1 spiro atoms. The van der Waals surface area contributed by atoms with Gasteiger partial charge in [0.25, 0.3) is 0 Å². The molecule has 0 aromatic carbocycles. The summed E-state index contributed by atoms with van der Waals surface area (Å²) in [6.07, 6.45) is 6.94. The van der Waals surface area contributed by atoms with Gasteiger partial charge in [0.2, 0.25) is 0 Å². The summed E-state index contributed by atoms with van der Waals surface area (Å²) in [5.41, 5.74) is 0.609. The van der Waals surface area contributed by atoms with E-state index in [1.165, 1.54) is 31.2 Å². The lowest BCUT2D eigenvalue weighted by molar-refractivity contribution is -0.137. The fourth-order valence-electron chi connectivity index (χ4n) is 3.95. The third-order valence-electron chi connectivity index (χ3n) is 5.12. The molecule has 2 nitrogen and oxygen atoms in total. The molecule has 2 heterocycles. The molecule has 2 atom stereocenters. The Bertz CT molecular complexity index is 443. The van der Waals surface area contributed by atoms with Crippen molar-refractivity contribution in [2.24, 2.45) is 5.92 Å². The average molecular weight is 280 g/mol. The third-order valence-corrected chi connectivity index (χ3v) is 6.37. The van der Waals surface area contributed by atoms with Crippen LogP contribution in [0.1, 0.15) is 55.9 Å². The molecule has 19 heavy (non-hydrogen) atoms. The van der Waals surface area contributed by atoms with Gasteiger partial charge < -0.3 is 9.84 Å². The van der Waals surface area contributed by atoms with Crippen LogP contribution in [0.3, 0.4) is 0 Å². The summed E-state index contributed by atoms with van der Waals surface area (Å²) >= 11 is 1.69. The molecule has 1 aliphatic carbocycles. The molecule has 3 rings (SSSR count). The van der Waals surface area contributed by atoms with E-state index in [-0.39, 0.29) is 5.60 Å². The highest BCUT2D eigenvalue weighted by Gasteiger charge is 2.46. The lowest BCUT2D eigenvalue weighted by atomic mass is 9.74. The van der Waals surface area contributed by atoms with Gasteiger partial charge in [0.1, 0.15) is 0 Å². The summed E-state index contributed by atoms with van der Waals surface area (Å²) in [6.45, 7) is 4.92. The molecule has 1 saturated carbocycles. The Morgan fingerprint density at radius 3 is 2.79 bits per heavy atom. The number of rotatable bonds is 2. The Morgan fingerprint density at radius 1 is 1.42 bits per heavy atom. The van der Waals surface area contributed by atoms with Crippen molar-refractivity contribution >= 4 is 11.3 Å². The topological polar surface area (TPSA) is 29.5 Å². The van der Waals surface area contributed by atoms with Crippen LogP contribution in [0.5, 0.6) is 0 Å². The molecule has 1 aromatic heterocycles. The maximum atomic E-state index is 11.1. The number of hydrogen-bond acceptors (Lipinski definition) is 3. The van der Waals surface area contributed by atoms with E-state index in [0.29, 0.717) is 5.92 Å². The van der Waals surface area contributed by atoms with Gasteiger partial charge in [-0.3, -0.25) is 0 Å². The van der Waals surface area contributed by atoms with Crippen LogP contribution < -0.4 is 0 Å². The Hall–Kier alpha value is -0.380. The molecule has 106 valence electrons. The largest absolute Gasteiger partial charge is 0.384 e. The van der Waals surface area contributed by atoms with Crippen molar-refractivity contribution in [3.05, 3.63) is 21.9 Å². The number of hydrogen-bond donors (Lipinski definition) is 1. The van der Waals surface area contributed by atoms with E-state index in [4.69, 9.17) is 4.74 Å². The predicted molar refractivity (Wildman–Crippen MR) is 78.5 cm³/mol. The molecule has 2 aliphatic rings. The van der Waals surface area contributed by atoms with E-state index in [2.05, 4.69) is 18.4 Å². The first kappa shape index (κ1) is 13.6. The van der Waals surface area contributed by atoms with Gasteiger partial charge in [-0.25, -0.2) is 0 Å². The molecule has 3 heteroatoms. The van der Waals surface area contributed by atoms with Gasteiger partial charge in [0.15, 0.2) is 0 Å². The summed E-state index contributed by atoms with van der Waals surface area (Å²) < 4.78 is 6.09. The summed E-state index contributed by atoms with van der Waals surface area (Å²) in [4.78, 5) is 1.15. The molecular weight excluding hydrogens is 256 g/mol. The summed E-state index contributed by atoms with van der Waals surface area (Å²) in [5, 5.41) is 13.2. The first-order valence-corrected chi connectivity index (χ1v) is 8.32. The molecule has 0 amide bonds. The fraction of sp³-hybridized carbons (Fsp3) is 0.750. The van der Waals surface area contributed by atoms with E-state index < -0.39 is 5.60 Å². The van der Waals surface area contributed by atoms with Gasteiger partial charge in [0.05, 0.1) is 11.2 Å². The minimum Gasteiger partial charge on any atom is -0.384 e. The van der Waals surface area contributed by atoms with Crippen molar-refractivity contribution in [1.82, 2.24) is 0 Å². The predicted octanol–water partition coefficient (Wildman–Crippen LogP) is 4.00. The van der Waals surface area contributed by atoms with E-state index in [1.54, 1.807) is 11.3 Å². The minimum atomic E-state index is -0.697. The zero-order valence-electron chi connectivity index (χ0n) is 11.9. The van der Waals surface area contributed by atoms with Crippen LogP contribution in [0.2, 0.25) is 0 Å². The summed E-state index contributed by atoms with van der Waals surface area (Å²) in [6, 6.07) is 2.11. The molecule has 0 radical (unpaired) electrons. The van der Waals surface area contributed by atoms with Crippen molar-refractivity contribution in [3.8, 4) is 0 Å². The second kappa shape index (κ2) is 4.87. The minimum absolute atomic E-state index is 0.0814. The molecule has 1 saturated heterocycles. The zero-order valence-corrected chi connectivity index (χ0v) is 12.8. The molecule has 1 N–H and O–H groups in total. The zero-order chi connectivity index (χ0) is 13.5. The van der Waals surface area contributed by atoms with Crippen LogP contribution in [-0.4, -0.2) is 17.3 Å². The van der Waals surface area contributed by atoms with Crippen LogP contribution in [0, 0.1) is 12.8 Å². The van der Waals surface area contributed by atoms with Gasteiger partial charge >= 0.3 is 0 Å². The van der Waals surface area contributed by atoms with Crippen molar-refractivity contribution in [3.63, 3.8) is 0 Å². The van der Waals surface area contributed by atoms with Gasteiger partial charge in [-0.2, -0.15) is 0 Å². The van der Waals surface area contributed by atoms with Crippen LogP contribution in [0.25, 0.3) is 0 Å².